The molecule has 3 nitrogen and oxygen atoms in total. The Morgan fingerprint density at radius 3 is 2.61 bits per heavy atom. The van der Waals surface area contributed by atoms with Crippen molar-refractivity contribution >= 4 is 0 Å². The lowest BCUT2D eigenvalue weighted by atomic mass is 10.2. The van der Waals surface area contributed by atoms with Gasteiger partial charge in [0.2, 0.25) is 0 Å². The average Bonchev–Trinajstić information content (AvgIpc) is 2.37. The van der Waals surface area contributed by atoms with Gasteiger partial charge in [-0.1, -0.05) is 20.8 Å². The van der Waals surface area contributed by atoms with Crippen molar-refractivity contribution in [3.8, 4) is 11.5 Å². The van der Waals surface area contributed by atoms with E-state index in [-0.39, 0.29) is 0 Å². The fraction of sp³-hybridized carbons (Fsp3) is 0.600. The summed E-state index contributed by atoms with van der Waals surface area (Å²) >= 11 is 0. The zero-order valence-electron chi connectivity index (χ0n) is 12.0. The number of rotatable bonds is 8. The van der Waals surface area contributed by atoms with Gasteiger partial charge in [-0.25, -0.2) is 0 Å². The van der Waals surface area contributed by atoms with Crippen LogP contribution in [0, 0.1) is 5.92 Å². The fourth-order valence-electron chi connectivity index (χ4n) is 1.69. The summed E-state index contributed by atoms with van der Waals surface area (Å²) in [7, 11) is 1.69. The van der Waals surface area contributed by atoms with Crippen molar-refractivity contribution in [2.24, 2.45) is 5.92 Å². The van der Waals surface area contributed by atoms with Crippen LogP contribution in [-0.4, -0.2) is 20.3 Å². The van der Waals surface area contributed by atoms with Crippen LogP contribution < -0.4 is 14.8 Å². The zero-order valence-corrected chi connectivity index (χ0v) is 12.0. The van der Waals surface area contributed by atoms with Crippen molar-refractivity contribution in [3.05, 3.63) is 23.8 Å². The van der Waals surface area contributed by atoms with Gasteiger partial charge in [0.05, 0.1) is 20.3 Å². The summed E-state index contributed by atoms with van der Waals surface area (Å²) in [6, 6.07) is 6.20. The zero-order chi connectivity index (χ0) is 13.4. The van der Waals surface area contributed by atoms with Crippen molar-refractivity contribution in [2.75, 3.05) is 20.3 Å². The third kappa shape index (κ3) is 4.96. The monoisotopic (exact) mass is 252 g/mol. The Kier molecular flexibility index (Phi) is 6.58. The molecular weight excluding hydrogens is 226 g/mol. The first-order chi connectivity index (χ1) is 8.67. The Labute approximate surface area is 110 Å². The molecule has 1 aromatic rings. The maximum absolute atomic E-state index is 5.73. The van der Waals surface area contributed by atoms with Crippen LogP contribution in [-0.2, 0) is 6.54 Å². The Hall–Kier alpha value is -1.22. The van der Waals surface area contributed by atoms with Gasteiger partial charge in [-0.15, -0.1) is 0 Å². The number of nitrogens with two attached hydrogens (primary N) is 1. The highest BCUT2D eigenvalue weighted by atomic mass is 16.5. The number of methoxy groups -OCH3 is 1. The molecule has 0 spiro atoms. The molecular formula is C15H26NO2+. The van der Waals surface area contributed by atoms with E-state index >= 15 is 0 Å². The second kappa shape index (κ2) is 7.98. The molecule has 0 saturated heterocycles. The largest absolute Gasteiger partial charge is 0.493 e. The Morgan fingerprint density at radius 2 is 2.00 bits per heavy atom. The first-order valence-corrected chi connectivity index (χ1v) is 6.78. The molecule has 0 unspecified atom stereocenters. The van der Waals surface area contributed by atoms with Crippen LogP contribution in [0.4, 0.5) is 0 Å². The van der Waals surface area contributed by atoms with Crippen molar-refractivity contribution in [3.63, 3.8) is 0 Å². The molecule has 102 valence electrons. The van der Waals surface area contributed by atoms with E-state index in [1.54, 1.807) is 7.11 Å². The summed E-state index contributed by atoms with van der Waals surface area (Å²) in [6.07, 6.45) is 1.20. The fourth-order valence-corrected chi connectivity index (χ4v) is 1.69. The van der Waals surface area contributed by atoms with Gasteiger partial charge in [-0.3, -0.25) is 0 Å². The summed E-state index contributed by atoms with van der Waals surface area (Å²) in [5, 5.41) is 2.31. The van der Waals surface area contributed by atoms with Crippen LogP contribution in [0.25, 0.3) is 0 Å². The minimum atomic E-state index is 0.521. The molecule has 0 aromatic heterocycles. The molecule has 0 atom stereocenters. The number of ether oxygens (including phenoxy) is 2. The molecule has 0 heterocycles. The minimum absolute atomic E-state index is 0.521. The Bertz CT molecular complexity index is 350. The molecule has 0 bridgehead atoms. The SMILES string of the molecule is CCC[NH2+]Cc1ccc(OCC(C)C)c(OC)c1. The first-order valence-electron chi connectivity index (χ1n) is 6.78. The normalized spacial score (nSPS) is 10.7. The first kappa shape index (κ1) is 14.8. The molecule has 2 N–H and O–H groups in total. The van der Waals surface area contributed by atoms with Crippen LogP contribution in [0.1, 0.15) is 32.8 Å². The van der Waals surface area contributed by atoms with Crippen molar-refractivity contribution in [1.29, 1.82) is 0 Å². The average molecular weight is 252 g/mol. The van der Waals surface area contributed by atoms with Crippen LogP contribution in [0.3, 0.4) is 0 Å². The van der Waals surface area contributed by atoms with E-state index in [1.807, 2.05) is 6.07 Å². The second-order valence-electron chi connectivity index (χ2n) is 4.97. The third-order valence-corrected chi connectivity index (χ3v) is 2.67. The van der Waals surface area contributed by atoms with E-state index in [4.69, 9.17) is 9.47 Å². The summed E-state index contributed by atoms with van der Waals surface area (Å²) in [5.41, 5.74) is 1.28. The lowest BCUT2D eigenvalue weighted by Gasteiger charge is -2.13. The van der Waals surface area contributed by atoms with Gasteiger partial charge in [0.25, 0.3) is 0 Å². The maximum Gasteiger partial charge on any atom is 0.161 e. The number of benzene rings is 1. The molecule has 0 saturated carbocycles. The van der Waals surface area contributed by atoms with E-state index in [2.05, 4.69) is 38.2 Å². The maximum atomic E-state index is 5.73. The molecule has 18 heavy (non-hydrogen) atoms. The summed E-state index contributed by atoms with van der Waals surface area (Å²) in [5.74, 6) is 2.19. The van der Waals surface area contributed by atoms with E-state index in [0.717, 1.165) is 31.2 Å². The number of quaternary nitrogens is 1. The number of hydrogen-bond donors (Lipinski definition) is 1. The van der Waals surface area contributed by atoms with Crippen molar-refractivity contribution in [2.45, 2.75) is 33.7 Å². The van der Waals surface area contributed by atoms with Crippen LogP contribution >= 0.6 is 0 Å². The van der Waals surface area contributed by atoms with Crippen LogP contribution in [0.5, 0.6) is 11.5 Å². The van der Waals surface area contributed by atoms with Gasteiger partial charge >= 0.3 is 0 Å². The van der Waals surface area contributed by atoms with Gasteiger partial charge in [-0.05, 0) is 30.5 Å². The summed E-state index contributed by atoms with van der Waals surface area (Å²) in [6.45, 7) is 9.35. The molecule has 1 rings (SSSR count). The summed E-state index contributed by atoms with van der Waals surface area (Å²) in [4.78, 5) is 0. The van der Waals surface area contributed by atoms with E-state index in [0.29, 0.717) is 5.92 Å². The summed E-state index contributed by atoms with van der Waals surface area (Å²) < 4.78 is 11.1. The van der Waals surface area contributed by atoms with E-state index in [1.165, 1.54) is 12.0 Å². The molecule has 0 fully saturated rings. The van der Waals surface area contributed by atoms with Gasteiger partial charge in [0.15, 0.2) is 11.5 Å². The van der Waals surface area contributed by atoms with Gasteiger partial charge < -0.3 is 14.8 Å². The molecule has 1 aromatic carbocycles. The number of hydrogen-bond acceptors (Lipinski definition) is 2. The van der Waals surface area contributed by atoms with Gasteiger partial charge in [0.1, 0.15) is 6.54 Å². The predicted octanol–water partition coefficient (Wildman–Crippen LogP) is 2.20. The van der Waals surface area contributed by atoms with Gasteiger partial charge in [0, 0.05) is 5.56 Å². The van der Waals surface area contributed by atoms with Crippen LogP contribution in [0.2, 0.25) is 0 Å². The molecule has 0 aliphatic heterocycles. The van der Waals surface area contributed by atoms with Crippen molar-refractivity contribution < 1.29 is 14.8 Å². The standard InChI is InChI=1S/C15H25NO2/c1-5-8-16-10-13-6-7-14(15(9-13)17-4)18-11-12(2)3/h6-7,9,12,16H,5,8,10-11H2,1-4H3/p+1. The lowest BCUT2D eigenvalue weighted by Crippen LogP contribution is -2.82. The van der Waals surface area contributed by atoms with Crippen molar-refractivity contribution in [1.82, 2.24) is 0 Å². The quantitative estimate of drug-likeness (QED) is 0.720. The Balaban J connectivity index is 2.64. The molecule has 3 heteroatoms. The van der Waals surface area contributed by atoms with Crippen LogP contribution in [0.15, 0.2) is 18.2 Å². The van der Waals surface area contributed by atoms with E-state index in [9.17, 15) is 0 Å². The molecule has 0 aliphatic carbocycles. The molecule has 0 amide bonds. The Morgan fingerprint density at radius 1 is 1.22 bits per heavy atom. The molecule has 0 aliphatic rings. The second-order valence-corrected chi connectivity index (χ2v) is 4.97. The van der Waals surface area contributed by atoms with E-state index < -0.39 is 0 Å². The highest BCUT2D eigenvalue weighted by Gasteiger charge is 2.07. The predicted molar refractivity (Wildman–Crippen MR) is 74.1 cm³/mol. The highest BCUT2D eigenvalue weighted by Crippen LogP contribution is 2.28. The topological polar surface area (TPSA) is 35.1 Å². The lowest BCUT2D eigenvalue weighted by molar-refractivity contribution is -0.670. The minimum Gasteiger partial charge on any atom is -0.493 e. The third-order valence-electron chi connectivity index (χ3n) is 2.67. The highest BCUT2D eigenvalue weighted by molar-refractivity contribution is 5.42. The van der Waals surface area contributed by atoms with Gasteiger partial charge in [-0.2, -0.15) is 0 Å². The molecule has 0 radical (unpaired) electrons. The smallest absolute Gasteiger partial charge is 0.161 e.